The van der Waals surface area contributed by atoms with Gasteiger partial charge in [0.25, 0.3) is 5.78 Å². The lowest BCUT2D eigenvalue weighted by molar-refractivity contribution is -0.132. The van der Waals surface area contributed by atoms with Crippen LogP contribution >= 0.6 is 11.3 Å². The number of benzene rings is 2. The number of ether oxygens (including phenoxy) is 2. The van der Waals surface area contributed by atoms with Crippen LogP contribution in [0, 0.1) is 13.8 Å². The zero-order valence-electron chi connectivity index (χ0n) is 21.3. The summed E-state index contributed by atoms with van der Waals surface area (Å²) in [4.78, 5) is 45.2. The molecule has 1 N–H and O–H groups in total. The molecule has 1 amide bonds. The number of anilines is 1. The molecule has 0 aliphatic carbocycles. The van der Waals surface area contributed by atoms with Crippen molar-refractivity contribution >= 4 is 39.9 Å². The maximum atomic E-state index is 13.4. The van der Waals surface area contributed by atoms with E-state index in [1.54, 1.807) is 39.2 Å². The van der Waals surface area contributed by atoms with E-state index in [1.807, 2.05) is 38.1 Å². The van der Waals surface area contributed by atoms with Crippen LogP contribution in [-0.2, 0) is 20.7 Å². The zero-order valence-corrected chi connectivity index (χ0v) is 22.1. The van der Waals surface area contributed by atoms with Crippen LogP contribution in [0.25, 0.3) is 5.76 Å². The van der Waals surface area contributed by atoms with Crippen LogP contribution in [0.5, 0.6) is 5.75 Å². The first-order valence-corrected chi connectivity index (χ1v) is 12.7. The van der Waals surface area contributed by atoms with Crippen molar-refractivity contribution < 1.29 is 29.0 Å². The molecule has 1 aliphatic heterocycles. The van der Waals surface area contributed by atoms with E-state index in [-0.39, 0.29) is 27.9 Å². The lowest BCUT2D eigenvalue weighted by Gasteiger charge is -2.23. The van der Waals surface area contributed by atoms with Gasteiger partial charge >= 0.3 is 11.9 Å². The minimum Gasteiger partial charge on any atom is -0.507 e. The molecule has 4 rings (SSSR count). The number of rotatable bonds is 7. The molecule has 0 bridgehead atoms. The number of hydrogen-bond acceptors (Lipinski definition) is 8. The minimum absolute atomic E-state index is 0.0515. The summed E-state index contributed by atoms with van der Waals surface area (Å²) in [6, 6.07) is 11.6. The molecule has 1 aliphatic rings. The van der Waals surface area contributed by atoms with Gasteiger partial charge in [0, 0.05) is 5.56 Å². The molecular formula is C28H28N2O6S. The SMILES string of the molecule is CCOC(=O)c1sc(N2C(=O)C(=O)C(=C(O)c3ccc(OC)c(C)c3)C2c2ccc(CC)cc2)nc1C. The number of hydrogen-bond donors (Lipinski definition) is 1. The number of aryl methyl sites for hydroxylation is 3. The van der Waals surface area contributed by atoms with Gasteiger partial charge in [-0.3, -0.25) is 14.5 Å². The molecule has 2 aromatic carbocycles. The van der Waals surface area contributed by atoms with Crippen LogP contribution < -0.4 is 9.64 Å². The highest BCUT2D eigenvalue weighted by Gasteiger charge is 2.48. The summed E-state index contributed by atoms with van der Waals surface area (Å²) in [6.07, 6.45) is 0.820. The minimum atomic E-state index is -0.936. The van der Waals surface area contributed by atoms with Gasteiger partial charge in [0.05, 0.1) is 31.0 Å². The number of Topliss-reactive ketones (excluding diaryl/α,β-unsaturated/α-hetero) is 1. The molecule has 1 aromatic heterocycles. The number of carbonyl (C=O) groups excluding carboxylic acids is 3. The van der Waals surface area contributed by atoms with Crippen LogP contribution in [0.2, 0.25) is 0 Å². The van der Waals surface area contributed by atoms with E-state index in [0.717, 1.165) is 28.9 Å². The first kappa shape index (κ1) is 26.1. The van der Waals surface area contributed by atoms with Gasteiger partial charge < -0.3 is 14.6 Å². The van der Waals surface area contributed by atoms with Gasteiger partial charge in [-0.25, -0.2) is 9.78 Å². The lowest BCUT2D eigenvalue weighted by atomic mass is 9.94. The fraction of sp³-hybridized carbons (Fsp3) is 0.286. The second kappa shape index (κ2) is 10.6. The van der Waals surface area contributed by atoms with Crippen LogP contribution in [0.3, 0.4) is 0 Å². The molecule has 0 saturated carbocycles. The first-order chi connectivity index (χ1) is 17.7. The summed E-state index contributed by atoms with van der Waals surface area (Å²) in [5.41, 5.74) is 3.21. The summed E-state index contributed by atoms with van der Waals surface area (Å²) in [5.74, 6) is -1.87. The predicted octanol–water partition coefficient (Wildman–Crippen LogP) is 5.13. The molecule has 37 heavy (non-hydrogen) atoms. The van der Waals surface area contributed by atoms with Gasteiger partial charge in [-0.05, 0) is 62.1 Å². The number of ketones is 1. The Morgan fingerprint density at radius 1 is 1.11 bits per heavy atom. The van der Waals surface area contributed by atoms with Crippen LogP contribution in [0.15, 0.2) is 48.0 Å². The summed E-state index contributed by atoms with van der Waals surface area (Å²) >= 11 is 0.980. The van der Waals surface area contributed by atoms with Crippen LogP contribution in [-0.4, -0.2) is 41.5 Å². The Balaban J connectivity index is 1.91. The second-order valence-corrected chi connectivity index (χ2v) is 9.56. The predicted molar refractivity (Wildman–Crippen MR) is 141 cm³/mol. The maximum Gasteiger partial charge on any atom is 0.350 e. The number of methoxy groups -OCH3 is 1. The fourth-order valence-corrected chi connectivity index (χ4v) is 5.32. The van der Waals surface area contributed by atoms with Crippen LogP contribution in [0.1, 0.15) is 57.5 Å². The smallest absolute Gasteiger partial charge is 0.350 e. The first-order valence-electron chi connectivity index (χ1n) is 11.9. The van der Waals surface area contributed by atoms with E-state index in [2.05, 4.69) is 4.98 Å². The van der Waals surface area contributed by atoms with Crippen molar-refractivity contribution in [2.24, 2.45) is 0 Å². The monoisotopic (exact) mass is 520 g/mol. The molecule has 192 valence electrons. The Morgan fingerprint density at radius 2 is 1.81 bits per heavy atom. The largest absolute Gasteiger partial charge is 0.507 e. The van der Waals surface area contributed by atoms with Gasteiger partial charge in [0.15, 0.2) is 5.13 Å². The quantitative estimate of drug-likeness (QED) is 0.199. The molecule has 8 nitrogen and oxygen atoms in total. The third kappa shape index (κ3) is 4.74. The Kier molecular flexibility index (Phi) is 7.45. The molecule has 0 radical (unpaired) electrons. The summed E-state index contributed by atoms with van der Waals surface area (Å²) in [6.45, 7) is 7.40. The third-order valence-corrected chi connectivity index (χ3v) is 7.41. The van der Waals surface area contributed by atoms with Gasteiger partial charge in [-0.1, -0.05) is 42.5 Å². The number of thiazole rings is 1. The number of nitrogens with zero attached hydrogens (tertiary/aromatic N) is 2. The molecule has 1 atom stereocenters. The number of aliphatic hydroxyl groups is 1. The normalized spacial score (nSPS) is 16.8. The van der Waals surface area contributed by atoms with E-state index in [9.17, 15) is 19.5 Å². The Morgan fingerprint density at radius 3 is 2.41 bits per heavy atom. The number of amides is 1. The van der Waals surface area contributed by atoms with Gasteiger partial charge in [0.2, 0.25) is 0 Å². The van der Waals surface area contributed by atoms with Crippen molar-refractivity contribution in [2.45, 2.75) is 40.2 Å². The van der Waals surface area contributed by atoms with Crippen molar-refractivity contribution in [2.75, 3.05) is 18.6 Å². The number of esters is 1. The Labute approximate surface area is 219 Å². The number of aromatic nitrogens is 1. The van der Waals surface area contributed by atoms with Crippen molar-refractivity contribution in [3.63, 3.8) is 0 Å². The van der Waals surface area contributed by atoms with Crippen molar-refractivity contribution in [1.82, 2.24) is 4.98 Å². The van der Waals surface area contributed by atoms with E-state index in [4.69, 9.17) is 9.47 Å². The number of carbonyl (C=O) groups is 3. The molecule has 3 aromatic rings. The molecule has 0 spiro atoms. The Hall–Kier alpha value is -3.98. The highest BCUT2D eigenvalue weighted by atomic mass is 32.1. The molecule has 1 saturated heterocycles. The van der Waals surface area contributed by atoms with Crippen molar-refractivity contribution in [1.29, 1.82) is 0 Å². The number of aliphatic hydroxyl groups excluding tert-OH is 1. The van der Waals surface area contributed by atoms with E-state index in [1.165, 1.54) is 4.90 Å². The molecule has 2 heterocycles. The molecule has 9 heteroatoms. The highest BCUT2D eigenvalue weighted by Crippen LogP contribution is 2.44. The van der Waals surface area contributed by atoms with E-state index < -0.39 is 23.7 Å². The fourth-order valence-electron chi connectivity index (χ4n) is 4.33. The topological polar surface area (TPSA) is 106 Å². The van der Waals surface area contributed by atoms with E-state index in [0.29, 0.717) is 22.6 Å². The van der Waals surface area contributed by atoms with Gasteiger partial charge in [-0.15, -0.1) is 0 Å². The molecule has 1 fully saturated rings. The van der Waals surface area contributed by atoms with Crippen LogP contribution in [0.4, 0.5) is 5.13 Å². The highest BCUT2D eigenvalue weighted by molar-refractivity contribution is 7.17. The standard InChI is InChI=1S/C28H28N2O6S/c1-6-17-8-10-18(11-9-17)22-21(23(31)19-12-13-20(35-5)15(3)14-19)24(32)26(33)30(22)28-29-16(4)25(37-28)27(34)36-7-2/h8-14,22,31H,6-7H2,1-5H3. The summed E-state index contributed by atoms with van der Waals surface area (Å²) in [5, 5.41) is 11.5. The summed E-state index contributed by atoms with van der Waals surface area (Å²) < 4.78 is 10.4. The van der Waals surface area contributed by atoms with Crippen molar-refractivity contribution in [3.05, 3.63) is 80.9 Å². The zero-order chi connectivity index (χ0) is 26.9. The average molecular weight is 521 g/mol. The maximum absolute atomic E-state index is 13.4. The van der Waals surface area contributed by atoms with Crippen molar-refractivity contribution in [3.8, 4) is 5.75 Å². The lowest BCUT2D eigenvalue weighted by Crippen LogP contribution is -2.29. The third-order valence-electron chi connectivity index (χ3n) is 6.27. The molecular weight excluding hydrogens is 492 g/mol. The Bertz CT molecular complexity index is 1410. The van der Waals surface area contributed by atoms with Gasteiger partial charge in [-0.2, -0.15) is 0 Å². The van der Waals surface area contributed by atoms with E-state index >= 15 is 0 Å². The summed E-state index contributed by atoms with van der Waals surface area (Å²) in [7, 11) is 1.55. The van der Waals surface area contributed by atoms with Gasteiger partial charge in [0.1, 0.15) is 16.4 Å². The average Bonchev–Trinajstić information content (AvgIpc) is 3.40. The molecule has 1 unspecified atom stereocenters. The second-order valence-electron chi connectivity index (χ2n) is 8.58.